The highest BCUT2D eigenvalue weighted by Crippen LogP contribution is 2.68. The number of hydrogen-bond acceptors (Lipinski definition) is 5. The summed E-state index contributed by atoms with van der Waals surface area (Å²) in [5.41, 5.74) is -0.152. The molecule has 5 unspecified atom stereocenters. The molecule has 0 heterocycles. The summed E-state index contributed by atoms with van der Waals surface area (Å²) in [5, 5.41) is 45.1. The van der Waals surface area contributed by atoms with Gasteiger partial charge in [0, 0.05) is 19.4 Å². The van der Waals surface area contributed by atoms with Crippen molar-refractivity contribution in [3.05, 3.63) is 0 Å². The Balaban J connectivity index is 1.34. The number of unbranched alkanes of at least 4 members (excludes halogenated alkanes) is 2. The molecule has 7 heteroatoms. The van der Waals surface area contributed by atoms with Crippen molar-refractivity contribution in [2.24, 2.45) is 46.3 Å². The van der Waals surface area contributed by atoms with Crippen LogP contribution < -0.4 is 5.32 Å². The summed E-state index contributed by atoms with van der Waals surface area (Å²) in [6.07, 6.45) is 8.84. The van der Waals surface area contributed by atoms with Crippen LogP contribution in [0.1, 0.15) is 104 Å². The van der Waals surface area contributed by atoms with E-state index in [0.717, 1.165) is 64.2 Å². The van der Waals surface area contributed by atoms with E-state index in [1.54, 1.807) is 0 Å². The molecular formula is C30H51NO6. The van der Waals surface area contributed by atoms with Gasteiger partial charge in [0.2, 0.25) is 5.91 Å². The van der Waals surface area contributed by atoms with Crippen molar-refractivity contribution in [2.75, 3.05) is 6.54 Å². The Labute approximate surface area is 222 Å². The van der Waals surface area contributed by atoms with E-state index >= 15 is 0 Å². The molecule has 0 aromatic carbocycles. The highest BCUT2D eigenvalue weighted by molar-refractivity contribution is 5.75. The minimum absolute atomic E-state index is 0.0511. The topological polar surface area (TPSA) is 127 Å². The number of amides is 1. The first kappa shape index (κ1) is 28.8. The SMILES string of the molecule is CC(CCC(=O)NCCCCCC(=O)O)[C@H]1CCC2C3C(C[C@H](O)[C@@]21C)[C@@]1(C)CC[C@@H](O)CC1C[C@H]3O. The van der Waals surface area contributed by atoms with Crippen molar-refractivity contribution in [3.8, 4) is 0 Å². The lowest BCUT2D eigenvalue weighted by atomic mass is 9.43. The van der Waals surface area contributed by atoms with Crippen molar-refractivity contribution >= 4 is 11.9 Å². The Kier molecular flexibility index (Phi) is 8.97. The number of aliphatic hydroxyl groups excluding tert-OH is 3. The molecule has 11 atom stereocenters. The highest BCUT2D eigenvalue weighted by atomic mass is 16.4. The molecule has 4 aliphatic rings. The number of carbonyl (C=O) groups excluding carboxylic acids is 1. The summed E-state index contributed by atoms with van der Waals surface area (Å²) in [6.45, 7) is 7.44. The lowest BCUT2D eigenvalue weighted by Crippen LogP contribution is -2.62. The zero-order valence-electron chi connectivity index (χ0n) is 23.2. The molecule has 0 aliphatic heterocycles. The van der Waals surface area contributed by atoms with Crippen LogP contribution in [-0.4, -0.2) is 57.2 Å². The average Bonchev–Trinajstić information content (AvgIpc) is 3.20. The van der Waals surface area contributed by atoms with Crippen molar-refractivity contribution in [3.63, 3.8) is 0 Å². The highest BCUT2D eigenvalue weighted by Gasteiger charge is 2.65. The van der Waals surface area contributed by atoms with Gasteiger partial charge in [0.1, 0.15) is 0 Å². The standard InChI is InChI=1S/C30H51NO6/c1-18(8-11-26(35)31-14-6-4-5-7-27(36)37)21-9-10-22-28-23(17-25(34)30(21,22)3)29(2)13-12-20(32)15-19(29)16-24(28)33/h18-25,28,32-34H,4-17H2,1-3H3,(H,31,35)(H,36,37)/t18?,19?,20-,21-,22?,23?,24-,25+,28?,29+,30-/m1/s1. The number of carboxylic acids is 1. The number of fused-ring (bicyclic) bond motifs is 5. The third kappa shape index (κ3) is 5.60. The molecule has 4 aliphatic carbocycles. The quantitative estimate of drug-likeness (QED) is 0.275. The van der Waals surface area contributed by atoms with Gasteiger partial charge in [0.25, 0.3) is 0 Å². The van der Waals surface area contributed by atoms with Gasteiger partial charge in [0.15, 0.2) is 0 Å². The molecule has 0 saturated heterocycles. The van der Waals surface area contributed by atoms with E-state index in [0.29, 0.717) is 49.0 Å². The summed E-state index contributed by atoms with van der Waals surface area (Å²) >= 11 is 0. The number of rotatable bonds is 10. The maximum Gasteiger partial charge on any atom is 0.303 e. The summed E-state index contributed by atoms with van der Waals surface area (Å²) in [6, 6.07) is 0. The second-order valence-corrected chi connectivity index (χ2v) is 13.6. The van der Waals surface area contributed by atoms with E-state index in [2.05, 4.69) is 26.1 Å². The Morgan fingerprint density at radius 1 is 0.946 bits per heavy atom. The van der Waals surface area contributed by atoms with E-state index in [-0.39, 0.29) is 41.3 Å². The summed E-state index contributed by atoms with van der Waals surface area (Å²) in [4.78, 5) is 23.0. The van der Waals surface area contributed by atoms with Crippen LogP contribution in [0.5, 0.6) is 0 Å². The lowest BCUT2D eigenvalue weighted by molar-refractivity contribution is -0.207. The number of hydrogen-bond donors (Lipinski definition) is 5. The molecule has 0 spiro atoms. The van der Waals surface area contributed by atoms with Gasteiger partial charge in [-0.05, 0) is 111 Å². The van der Waals surface area contributed by atoms with Crippen molar-refractivity contribution < 1.29 is 30.0 Å². The molecule has 0 bridgehead atoms. The Morgan fingerprint density at radius 2 is 1.70 bits per heavy atom. The third-order valence-corrected chi connectivity index (χ3v) is 11.7. The number of aliphatic carboxylic acids is 1. The van der Waals surface area contributed by atoms with E-state index in [1.165, 1.54) is 0 Å². The van der Waals surface area contributed by atoms with Crippen molar-refractivity contribution in [1.29, 1.82) is 0 Å². The fraction of sp³-hybridized carbons (Fsp3) is 0.933. The predicted molar refractivity (Wildman–Crippen MR) is 142 cm³/mol. The number of carbonyl (C=O) groups is 2. The van der Waals surface area contributed by atoms with Crippen LogP contribution in [0.2, 0.25) is 0 Å². The van der Waals surface area contributed by atoms with Gasteiger partial charge in [0.05, 0.1) is 18.3 Å². The zero-order chi connectivity index (χ0) is 27.0. The van der Waals surface area contributed by atoms with E-state index < -0.39 is 12.1 Å². The van der Waals surface area contributed by atoms with E-state index in [4.69, 9.17) is 5.11 Å². The minimum atomic E-state index is -0.773. The number of nitrogens with one attached hydrogen (secondary N) is 1. The fourth-order valence-electron chi connectivity index (χ4n) is 9.59. The molecule has 1 amide bonds. The normalized spacial score (nSPS) is 43.8. The smallest absolute Gasteiger partial charge is 0.303 e. The molecule has 7 nitrogen and oxygen atoms in total. The van der Waals surface area contributed by atoms with Crippen LogP contribution in [-0.2, 0) is 9.59 Å². The molecule has 4 saturated carbocycles. The number of carboxylic acid groups (broad SMARTS) is 1. The van der Waals surface area contributed by atoms with Gasteiger partial charge in [-0.3, -0.25) is 9.59 Å². The molecule has 0 radical (unpaired) electrons. The molecule has 0 aromatic heterocycles. The predicted octanol–water partition coefficient (Wildman–Crippen LogP) is 4.13. The van der Waals surface area contributed by atoms with Gasteiger partial charge < -0.3 is 25.7 Å². The molecule has 4 fully saturated rings. The third-order valence-electron chi connectivity index (χ3n) is 11.7. The lowest BCUT2D eigenvalue weighted by Gasteiger charge is -2.63. The molecular weight excluding hydrogens is 470 g/mol. The number of aliphatic hydroxyl groups is 3. The molecule has 212 valence electrons. The Hall–Kier alpha value is -1.18. The van der Waals surface area contributed by atoms with Gasteiger partial charge in [-0.15, -0.1) is 0 Å². The van der Waals surface area contributed by atoms with Crippen LogP contribution in [0, 0.1) is 46.3 Å². The minimum Gasteiger partial charge on any atom is -0.481 e. The molecule has 5 N–H and O–H groups in total. The van der Waals surface area contributed by atoms with Crippen molar-refractivity contribution in [1.82, 2.24) is 5.32 Å². The van der Waals surface area contributed by atoms with E-state index in [9.17, 15) is 24.9 Å². The van der Waals surface area contributed by atoms with Gasteiger partial charge >= 0.3 is 5.97 Å². The summed E-state index contributed by atoms with van der Waals surface area (Å²) < 4.78 is 0. The fourth-order valence-corrected chi connectivity index (χ4v) is 9.59. The Bertz CT molecular complexity index is 820. The molecule has 4 rings (SSSR count). The summed E-state index contributed by atoms with van der Waals surface area (Å²) in [5.74, 6) is 1.08. The maximum absolute atomic E-state index is 12.4. The first-order valence-corrected chi connectivity index (χ1v) is 15.0. The van der Waals surface area contributed by atoms with Crippen LogP contribution in [0.25, 0.3) is 0 Å². The molecule has 37 heavy (non-hydrogen) atoms. The largest absolute Gasteiger partial charge is 0.481 e. The first-order chi connectivity index (χ1) is 17.5. The van der Waals surface area contributed by atoms with Gasteiger partial charge in [-0.1, -0.05) is 27.2 Å². The van der Waals surface area contributed by atoms with Crippen LogP contribution >= 0.6 is 0 Å². The summed E-state index contributed by atoms with van der Waals surface area (Å²) in [7, 11) is 0. The van der Waals surface area contributed by atoms with Gasteiger partial charge in [-0.2, -0.15) is 0 Å². The second-order valence-electron chi connectivity index (χ2n) is 13.6. The van der Waals surface area contributed by atoms with Crippen molar-refractivity contribution in [2.45, 2.75) is 123 Å². The average molecular weight is 522 g/mol. The molecule has 0 aromatic rings. The maximum atomic E-state index is 12.4. The van der Waals surface area contributed by atoms with Gasteiger partial charge in [-0.25, -0.2) is 0 Å². The van der Waals surface area contributed by atoms with Crippen LogP contribution in [0.4, 0.5) is 0 Å². The first-order valence-electron chi connectivity index (χ1n) is 15.0. The zero-order valence-corrected chi connectivity index (χ0v) is 23.2. The van der Waals surface area contributed by atoms with Crippen LogP contribution in [0.15, 0.2) is 0 Å². The Morgan fingerprint density at radius 3 is 2.43 bits per heavy atom. The van der Waals surface area contributed by atoms with E-state index in [1.807, 2.05) is 0 Å². The monoisotopic (exact) mass is 521 g/mol. The van der Waals surface area contributed by atoms with Crippen LogP contribution in [0.3, 0.4) is 0 Å². The second kappa shape index (κ2) is 11.5.